The number of hydrogen-bond donors (Lipinski definition) is 2. The smallest absolute Gasteiger partial charge is 0.308 e. The molecule has 3 unspecified atom stereocenters. The molecule has 2 rings (SSSR count). The number of halogens is 1. The van der Waals surface area contributed by atoms with E-state index in [2.05, 4.69) is 5.32 Å². The molecule has 0 aromatic heterocycles. The molecule has 1 amide bonds. The van der Waals surface area contributed by atoms with Crippen LogP contribution in [0.15, 0.2) is 24.3 Å². The number of carboxylic acid groups (broad SMARTS) is 1. The van der Waals surface area contributed by atoms with Crippen molar-refractivity contribution in [2.24, 2.45) is 11.8 Å². The summed E-state index contributed by atoms with van der Waals surface area (Å²) >= 11 is 0. The molecular weight excluding hydrogens is 249 g/mol. The van der Waals surface area contributed by atoms with Crippen LogP contribution in [0.5, 0.6) is 0 Å². The van der Waals surface area contributed by atoms with E-state index in [9.17, 15) is 14.0 Å². The maximum atomic E-state index is 12.8. The summed E-state index contributed by atoms with van der Waals surface area (Å²) in [5.74, 6) is -1.92. The number of aliphatic carboxylic acids is 1. The molecular formula is C14H16FNO3. The molecule has 1 aliphatic carbocycles. The maximum absolute atomic E-state index is 12.8. The summed E-state index contributed by atoms with van der Waals surface area (Å²) in [5, 5.41) is 11.4. The maximum Gasteiger partial charge on any atom is 0.308 e. The molecule has 1 saturated carbocycles. The first-order valence-corrected chi connectivity index (χ1v) is 6.25. The summed E-state index contributed by atoms with van der Waals surface area (Å²) in [5.41, 5.74) is 0.952. The number of carboxylic acids is 1. The molecule has 0 radical (unpaired) electrons. The lowest BCUT2D eigenvalue weighted by atomic mass is 10.1. The highest BCUT2D eigenvalue weighted by molar-refractivity contribution is 5.83. The third kappa shape index (κ3) is 3.30. The van der Waals surface area contributed by atoms with Gasteiger partial charge < -0.3 is 10.4 Å². The monoisotopic (exact) mass is 265 g/mol. The van der Waals surface area contributed by atoms with Crippen molar-refractivity contribution < 1.29 is 19.1 Å². The zero-order valence-electron chi connectivity index (χ0n) is 10.6. The second kappa shape index (κ2) is 5.38. The third-order valence-corrected chi connectivity index (χ3v) is 3.43. The van der Waals surface area contributed by atoms with Gasteiger partial charge in [0.2, 0.25) is 5.91 Å². The van der Waals surface area contributed by atoms with Gasteiger partial charge in [-0.3, -0.25) is 9.59 Å². The van der Waals surface area contributed by atoms with Crippen LogP contribution in [0, 0.1) is 17.7 Å². The van der Waals surface area contributed by atoms with Crippen LogP contribution in [-0.2, 0) is 9.59 Å². The van der Waals surface area contributed by atoms with E-state index in [1.807, 2.05) is 0 Å². The quantitative estimate of drug-likeness (QED) is 0.852. The molecule has 4 nitrogen and oxygen atoms in total. The number of carbonyl (C=O) groups is 2. The fourth-order valence-corrected chi connectivity index (χ4v) is 2.04. The first-order chi connectivity index (χ1) is 8.99. The topological polar surface area (TPSA) is 66.4 Å². The highest BCUT2D eigenvalue weighted by Gasteiger charge is 2.43. The van der Waals surface area contributed by atoms with Crippen molar-refractivity contribution in [3.05, 3.63) is 35.6 Å². The minimum absolute atomic E-state index is 0.119. The lowest BCUT2D eigenvalue weighted by Gasteiger charge is -2.08. The normalized spacial score (nSPS) is 22.6. The van der Waals surface area contributed by atoms with E-state index in [1.54, 1.807) is 19.1 Å². The summed E-state index contributed by atoms with van der Waals surface area (Å²) in [7, 11) is 0. The van der Waals surface area contributed by atoms with Crippen LogP contribution < -0.4 is 5.32 Å². The van der Waals surface area contributed by atoms with Gasteiger partial charge in [0.25, 0.3) is 0 Å². The van der Waals surface area contributed by atoms with Gasteiger partial charge in [0.15, 0.2) is 0 Å². The number of benzene rings is 1. The summed E-state index contributed by atoms with van der Waals surface area (Å²) < 4.78 is 12.8. The van der Waals surface area contributed by atoms with Gasteiger partial charge in [-0.15, -0.1) is 0 Å². The van der Waals surface area contributed by atoms with Crippen LogP contribution in [-0.4, -0.2) is 23.5 Å². The molecule has 1 aromatic rings. The second-order valence-corrected chi connectivity index (χ2v) is 4.98. The van der Waals surface area contributed by atoms with Crippen LogP contribution in [0.2, 0.25) is 0 Å². The van der Waals surface area contributed by atoms with E-state index in [0.717, 1.165) is 12.0 Å². The van der Waals surface area contributed by atoms with E-state index >= 15 is 0 Å². The summed E-state index contributed by atoms with van der Waals surface area (Å²) in [4.78, 5) is 22.4. The van der Waals surface area contributed by atoms with Gasteiger partial charge in [0, 0.05) is 12.5 Å². The molecule has 0 heterocycles. The summed E-state index contributed by atoms with van der Waals surface area (Å²) in [6, 6.07) is 6.14. The van der Waals surface area contributed by atoms with Crippen molar-refractivity contribution in [1.82, 2.24) is 5.32 Å². The highest BCUT2D eigenvalue weighted by Crippen LogP contribution is 2.47. The Hall–Kier alpha value is -1.91. The minimum atomic E-state index is -0.925. The van der Waals surface area contributed by atoms with E-state index in [-0.39, 0.29) is 30.1 Å². The van der Waals surface area contributed by atoms with E-state index in [0.29, 0.717) is 0 Å². The Balaban J connectivity index is 1.84. The van der Waals surface area contributed by atoms with Crippen LogP contribution in [0.25, 0.3) is 0 Å². The molecule has 1 aliphatic rings. The lowest BCUT2D eigenvalue weighted by molar-refractivity contribution is -0.141. The molecule has 0 bridgehead atoms. The molecule has 102 valence electrons. The summed E-state index contributed by atoms with van der Waals surface area (Å²) in [6.45, 7) is 1.69. The van der Waals surface area contributed by atoms with Gasteiger partial charge in [0.1, 0.15) is 5.82 Å². The number of rotatable bonds is 5. The molecule has 3 atom stereocenters. The SMILES string of the molecule is CC(CNC(=O)C1CC1c1ccc(F)cc1)C(=O)O. The fraction of sp³-hybridized carbons (Fsp3) is 0.429. The Morgan fingerprint density at radius 2 is 2.05 bits per heavy atom. The fourth-order valence-electron chi connectivity index (χ4n) is 2.04. The Morgan fingerprint density at radius 1 is 1.42 bits per heavy atom. The lowest BCUT2D eigenvalue weighted by Crippen LogP contribution is -2.32. The van der Waals surface area contributed by atoms with Crippen molar-refractivity contribution in [2.75, 3.05) is 6.54 Å². The van der Waals surface area contributed by atoms with Gasteiger partial charge in [-0.05, 0) is 30.0 Å². The van der Waals surface area contributed by atoms with Crippen LogP contribution in [0.4, 0.5) is 4.39 Å². The average molecular weight is 265 g/mol. The largest absolute Gasteiger partial charge is 0.481 e. The van der Waals surface area contributed by atoms with Crippen molar-refractivity contribution in [3.63, 3.8) is 0 Å². The van der Waals surface area contributed by atoms with E-state index in [4.69, 9.17) is 5.11 Å². The first-order valence-electron chi connectivity index (χ1n) is 6.25. The Bertz CT molecular complexity index is 486. The molecule has 0 saturated heterocycles. The van der Waals surface area contributed by atoms with E-state index in [1.165, 1.54) is 12.1 Å². The number of nitrogens with one attached hydrogen (secondary N) is 1. The molecule has 5 heteroatoms. The van der Waals surface area contributed by atoms with Crippen molar-refractivity contribution >= 4 is 11.9 Å². The molecule has 1 aromatic carbocycles. The zero-order valence-corrected chi connectivity index (χ0v) is 10.6. The summed E-state index contributed by atoms with van der Waals surface area (Å²) in [6.07, 6.45) is 0.735. The Labute approximate surface area is 110 Å². The third-order valence-electron chi connectivity index (χ3n) is 3.43. The van der Waals surface area contributed by atoms with Crippen LogP contribution >= 0.6 is 0 Å². The molecule has 2 N–H and O–H groups in total. The van der Waals surface area contributed by atoms with E-state index < -0.39 is 11.9 Å². The Kier molecular flexibility index (Phi) is 3.83. The van der Waals surface area contributed by atoms with Gasteiger partial charge in [0.05, 0.1) is 5.92 Å². The van der Waals surface area contributed by atoms with Gasteiger partial charge >= 0.3 is 5.97 Å². The van der Waals surface area contributed by atoms with Crippen molar-refractivity contribution in [2.45, 2.75) is 19.3 Å². The predicted octanol–water partition coefficient (Wildman–Crippen LogP) is 1.77. The van der Waals surface area contributed by atoms with Crippen molar-refractivity contribution in [1.29, 1.82) is 0 Å². The number of carbonyl (C=O) groups excluding carboxylic acids is 1. The first kappa shape index (κ1) is 13.5. The zero-order chi connectivity index (χ0) is 14.0. The number of amides is 1. The van der Waals surface area contributed by atoms with Gasteiger partial charge in [-0.2, -0.15) is 0 Å². The van der Waals surface area contributed by atoms with Crippen LogP contribution in [0.3, 0.4) is 0 Å². The standard InChI is InChI=1S/C14H16FNO3/c1-8(14(18)19)7-16-13(17)12-6-11(12)9-2-4-10(15)5-3-9/h2-5,8,11-12H,6-7H2,1H3,(H,16,17)(H,18,19). The molecule has 1 fully saturated rings. The minimum Gasteiger partial charge on any atom is -0.481 e. The second-order valence-electron chi connectivity index (χ2n) is 4.98. The molecule has 19 heavy (non-hydrogen) atoms. The number of hydrogen-bond acceptors (Lipinski definition) is 2. The predicted molar refractivity (Wildman–Crippen MR) is 67.1 cm³/mol. The van der Waals surface area contributed by atoms with Gasteiger partial charge in [-0.25, -0.2) is 4.39 Å². The Morgan fingerprint density at radius 3 is 2.63 bits per heavy atom. The average Bonchev–Trinajstić information content (AvgIpc) is 3.16. The van der Waals surface area contributed by atoms with Crippen LogP contribution in [0.1, 0.15) is 24.8 Å². The molecule has 0 spiro atoms. The molecule has 0 aliphatic heterocycles. The highest BCUT2D eigenvalue weighted by atomic mass is 19.1. The van der Waals surface area contributed by atoms with Crippen molar-refractivity contribution in [3.8, 4) is 0 Å². The van der Waals surface area contributed by atoms with Gasteiger partial charge in [-0.1, -0.05) is 19.1 Å².